The molecule has 2 aromatic heterocycles. The average Bonchev–Trinajstić information content (AvgIpc) is 2.83. The van der Waals surface area contributed by atoms with E-state index in [9.17, 15) is 14.4 Å². The normalized spacial score (nSPS) is 16.2. The molecule has 3 heterocycles. The fraction of sp³-hybridized carbons (Fsp3) is 0.292. The number of carbonyl (C=O) groups excluding carboxylic acids is 1. The number of hydrazine groups is 1. The van der Waals surface area contributed by atoms with E-state index in [1.807, 2.05) is 35.3 Å². The van der Waals surface area contributed by atoms with Crippen molar-refractivity contribution >= 4 is 34.4 Å². The number of hydrogen-bond donors (Lipinski definition) is 2. The van der Waals surface area contributed by atoms with E-state index in [0.717, 1.165) is 43.4 Å². The van der Waals surface area contributed by atoms with Crippen molar-refractivity contribution in [2.24, 2.45) is 0 Å². The topological polar surface area (TPSA) is 128 Å². The van der Waals surface area contributed by atoms with E-state index < -0.39 is 17.2 Å². The lowest BCUT2D eigenvalue weighted by Crippen LogP contribution is -2.51. The minimum absolute atomic E-state index is 0.0560. The first-order chi connectivity index (χ1) is 16.4. The Kier molecular flexibility index (Phi) is 7.04. The van der Waals surface area contributed by atoms with E-state index in [0.29, 0.717) is 6.54 Å². The summed E-state index contributed by atoms with van der Waals surface area (Å²) in [6.07, 6.45) is 3.58. The maximum atomic E-state index is 13.5. The Labute approximate surface area is 199 Å². The number of ether oxygens (including phenoxy) is 1. The number of rotatable bonds is 5. The van der Waals surface area contributed by atoms with Crippen LogP contribution in [0, 0.1) is 0 Å². The first kappa shape index (κ1) is 23.6. The van der Waals surface area contributed by atoms with Crippen molar-refractivity contribution in [1.82, 2.24) is 10.4 Å². The number of amides is 1. The van der Waals surface area contributed by atoms with Gasteiger partial charge >= 0.3 is 11.3 Å². The lowest BCUT2D eigenvalue weighted by Gasteiger charge is -2.36. The first-order valence-corrected chi connectivity index (χ1v) is 11.2. The van der Waals surface area contributed by atoms with Crippen LogP contribution in [0.25, 0.3) is 11.2 Å². The molecular formula is C24H24ClN3O6. The average molecular weight is 486 g/mol. The molecule has 1 atom stereocenters. The van der Waals surface area contributed by atoms with Gasteiger partial charge in [0.05, 0.1) is 7.11 Å². The lowest BCUT2D eigenvalue weighted by atomic mass is 9.97. The fourth-order valence-corrected chi connectivity index (χ4v) is 4.33. The molecule has 5 rings (SSSR count). The van der Waals surface area contributed by atoms with Crippen LogP contribution in [0.2, 0.25) is 5.02 Å². The molecule has 2 bridgehead atoms. The number of piperidine rings is 1. The number of nitrogens with zero attached hydrogens (tertiary/aromatic N) is 1. The van der Waals surface area contributed by atoms with Gasteiger partial charge in [-0.25, -0.2) is 14.6 Å². The van der Waals surface area contributed by atoms with Crippen LogP contribution < -0.4 is 27.1 Å². The van der Waals surface area contributed by atoms with E-state index >= 15 is 0 Å². The van der Waals surface area contributed by atoms with Gasteiger partial charge in [-0.05, 0) is 24.8 Å². The van der Waals surface area contributed by atoms with Gasteiger partial charge in [-0.2, -0.15) is 0 Å². The summed E-state index contributed by atoms with van der Waals surface area (Å²) in [4.78, 5) is 37.9. The van der Waals surface area contributed by atoms with Gasteiger partial charge in [0.1, 0.15) is 16.3 Å². The number of nitrogens with one attached hydrogen (secondary N) is 1. The van der Waals surface area contributed by atoms with Gasteiger partial charge in [-0.1, -0.05) is 48.4 Å². The Morgan fingerprint density at radius 1 is 1.12 bits per heavy atom. The van der Waals surface area contributed by atoms with E-state index in [1.165, 1.54) is 7.11 Å². The molecular weight excluding hydrogens is 462 g/mol. The molecule has 3 N–H and O–H groups in total. The zero-order valence-corrected chi connectivity index (χ0v) is 19.3. The number of carbonyl (C=O) groups is 1. The van der Waals surface area contributed by atoms with E-state index in [2.05, 4.69) is 5.43 Å². The zero-order valence-electron chi connectivity index (χ0n) is 18.5. The van der Waals surface area contributed by atoms with Crippen molar-refractivity contribution in [3.05, 3.63) is 79.5 Å². The summed E-state index contributed by atoms with van der Waals surface area (Å²) in [5, 5.41) is 1.63. The quantitative estimate of drug-likeness (QED) is 0.527. The van der Waals surface area contributed by atoms with Crippen LogP contribution in [-0.4, -0.2) is 30.6 Å². The monoisotopic (exact) mass is 485 g/mol. The molecule has 9 nitrogen and oxygen atoms in total. The highest BCUT2D eigenvalue weighted by molar-refractivity contribution is 6.38. The second kappa shape index (κ2) is 10.1. The Bertz CT molecular complexity index is 1350. The SMILES string of the molecule is COc1c(C(=O)NN2CCCCC2Cc2ccccc2)c2oc(=O)ccc(=O)oc1c(N)c2Cl. The number of halogens is 1. The smallest absolute Gasteiger partial charge is 0.336 e. The third kappa shape index (κ3) is 4.85. The largest absolute Gasteiger partial charge is 0.492 e. The minimum atomic E-state index is -0.927. The predicted octanol–water partition coefficient (Wildman–Crippen LogP) is 3.29. The van der Waals surface area contributed by atoms with Crippen molar-refractivity contribution in [2.75, 3.05) is 19.4 Å². The molecule has 0 saturated carbocycles. The van der Waals surface area contributed by atoms with Crippen molar-refractivity contribution in [1.29, 1.82) is 0 Å². The molecule has 1 fully saturated rings. The van der Waals surface area contributed by atoms with Gasteiger partial charge in [-0.15, -0.1) is 0 Å². The fourth-order valence-electron chi connectivity index (χ4n) is 4.11. The molecule has 0 radical (unpaired) electrons. The number of fused-ring (bicyclic) bond motifs is 7. The summed E-state index contributed by atoms with van der Waals surface area (Å²) in [7, 11) is 1.28. The van der Waals surface area contributed by atoms with Gasteiger partial charge in [0, 0.05) is 24.7 Å². The summed E-state index contributed by atoms with van der Waals surface area (Å²) >= 11 is 6.34. The Morgan fingerprint density at radius 3 is 2.47 bits per heavy atom. The standard InChI is InChI=1S/C24H24ClN3O6/c1-32-22-18(21-19(25)20(26)23(22)34-17(30)11-10-16(29)33-21)24(31)27-28-12-6-5-9-15(28)13-14-7-3-2-4-8-14/h2-4,7-8,10-11,15H,5-6,9,12-13,26H2,1H3,(H,27,31). The van der Waals surface area contributed by atoms with Crippen molar-refractivity contribution in [2.45, 2.75) is 31.7 Å². The second-order valence-electron chi connectivity index (χ2n) is 7.94. The summed E-state index contributed by atoms with van der Waals surface area (Å²) in [5.41, 5.74) is 7.35. The van der Waals surface area contributed by atoms with Crippen LogP contribution in [-0.2, 0) is 6.42 Å². The van der Waals surface area contributed by atoms with Gasteiger partial charge in [0.15, 0.2) is 16.9 Å². The first-order valence-electron chi connectivity index (χ1n) is 10.8. The van der Waals surface area contributed by atoms with E-state index in [-0.39, 0.29) is 39.2 Å². The molecule has 2 aromatic carbocycles. The predicted molar refractivity (Wildman–Crippen MR) is 128 cm³/mol. The molecule has 0 aliphatic carbocycles. The molecule has 1 amide bonds. The Morgan fingerprint density at radius 2 is 1.79 bits per heavy atom. The highest BCUT2D eigenvalue weighted by Gasteiger charge is 2.30. The number of nitrogens with two attached hydrogens (primary N) is 1. The van der Waals surface area contributed by atoms with Gasteiger partial charge < -0.3 is 19.3 Å². The third-order valence-electron chi connectivity index (χ3n) is 5.72. The Balaban J connectivity index is 1.80. The van der Waals surface area contributed by atoms with Crippen molar-refractivity contribution < 1.29 is 18.4 Å². The van der Waals surface area contributed by atoms with Gasteiger partial charge in [0.2, 0.25) is 0 Å². The number of nitrogen functional groups attached to an aromatic ring is 1. The lowest BCUT2D eigenvalue weighted by molar-refractivity contribution is 0.0571. The number of benzene rings is 2. The minimum Gasteiger partial charge on any atom is -0.492 e. The third-order valence-corrected chi connectivity index (χ3v) is 6.09. The van der Waals surface area contributed by atoms with Crippen LogP contribution >= 0.6 is 11.6 Å². The number of methoxy groups -OCH3 is 1. The summed E-state index contributed by atoms with van der Waals surface area (Å²) in [6, 6.07) is 11.8. The van der Waals surface area contributed by atoms with Crippen molar-refractivity contribution in [3.63, 3.8) is 0 Å². The molecule has 4 aromatic rings. The Hall–Kier alpha value is -3.56. The molecule has 34 heavy (non-hydrogen) atoms. The van der Waals surface area contributed by atoms with Crippen LogP contribution in [0.5, 0.6) is 5.75 Å². The van der Waals surface area contributed by atoms with Crippen LogP contribution in [0.1, 0.15) is 35.2 Å². The molecule has 1 saturated heterocycles. The molecule has 1 unspecified atom stereocenters. The molecule has 1 aliphatic rings. The summed E-state index contributed by atoms with van der Waals surface area (Å²) < 4.78 is 15.9. The van der Waals surface area contributed by atoms with E-state index in [1.54, 1.807) is 0 Å². The highest BCUT2D eigenvalue weighted by atomic mass is 35.5. The summed E-state index contributed by atoms with van der Waals surface area (Å²) in [6.45, 7) is 0.633. The summed E-state index contributed by atoms with van der Waals surface area (Å²) in [5.74, 6) is -0.800. The molecule has 0 spiro atoms. The molecule has 10 heteroatoms. The van der Waals surface area contributed by atoms with Crippen LogP contribution in [0.3, 0.4) is 0 Å². The second-order valence-corrected chi connectivity index (χ2v) is 8.32. The van der Waals surface area contributed by atoms with Crippen LogP contribution in [0.4, 0.5) is 5.69 Å². The maximum Gasteiger partial charge on any atom is 0.336 e. The number of anilines is 1. The zero-order chi connectivity index (χ0) is 24.2. The number of hydrogen-bond acceptors (Lipinski definition) is 8. The van der Waals surface area contributed by atoms with E-state index in [4.69, 9.17) is 30.9 Å². The molecule has 178 valence electrons. The highest BCUT2D eigenvalue weighted by Crippen LogP contribution is 2.39. The van der Waals surface area contributed by atoms with Gasteiger partial charge in [-0.3, -0.25) is 10.2 Å². The van der Waals surface area contributed by atoms with Crippen LogP contribution in [0.15, 0.2) is 60.9 Å². The molecule has 1 aliphatic heterocycles. The van der Waals surface area contributed by atoms with Gasteiger partial charge in [0.25, 0.3) is 5.91 Å². The maximum absolute atomic E-state index is 13.5. The van der Waals surface area contributed by atoms with Crippen molar-refractivity contribution in [3.8, 4) is 5.75 Å².